The van der Waals surface area contributed by atoms with Crippen molar-refractivity contribution in [3.63, 3.8) is 0 Å². The smallest absolute Gasteiger partial charge is 0.243 e. The van der Waals surface area contributed by atoms with Gasteiger partial charge in [0.1, 0.15) is 5.78 Å². The zero-order chi connectivity index (χ0) is 18.9. The van der Waals surface area contributed by atoms with Crippen LogP contribution in [0, 0.1) is 11.3 Å². The molecule has 0 radical (unpaired) electrons. The zero-order valence-electron chi connectivity index (χ0n) is 15.4. The topological polar surface area (TPSA) is 54.5 Å². The lowest BCUT2D eigenvalue weighted by Crippen LogP contribution is -2.54. The van der Waals surface area contributed by atoms with Gasteiger partial charge in [0.15, 0.2) is 0 Å². The average molecular weight is 384 g/mol. The molecule has 27 heavy (non-hydrogen) atoms. The quantitative estimate of drug-likeness (QED) is 0.809. The number of carbonyl (C=O) groups is 1. The molecule has 2 aromatic carbocycles. The third-order valence-corrected chi connectivity index (χ3v) is 8.10. The summed E-state index contributed by atoms with van der Waals surface area (Å²) in [6.45, 7) is 0.989. The van der Waals surface area contributed by atoms with Gasteiger partial charge in [0.2, 0.25) is 10.0 Å². The summed E-state index contributed by atoms with van der Waals surface area (Å²) in [5.41, 5.74) is 1.06. The maximum Gasteiger partial charge on any atom is 0.243 e. The van der Waals surface area contributed by atoms with Gasteiger partial charge in [0.05, 0.1) is 4.90 Å². The molecule has 2 atom stereocenters. The summed E-state index contributed by atoms with van der Waals surface area (Å²) in [7, 11) is -3.51. The normalized spacial score (nSPS) is 26.5. The average Bonchev–Trinajstić information content (AvgIpc) is 2.69. The maximum absolute atomic E-state index is 13.2. The van der Waals surface area contributed by atoms with Crippen LogP contribution in [0.15, 0.2) is 65.6 Å². The number of fused-ring (bicyclic) bond motifs is 1. The van der Waals surface area contributed by atoms with E-state index in [2.05, 4.69) is 12.1 Å². The predicted octanol–water partition coefficient (Wildman–Crippen LogP) is 3.68. The largest absolute Gasteiger partial charge is 0.300 e. The number of nitrogens with zero attached hydrogens (tertiary/aromatic N) is 1. The second-order valence-electron chi connectivity index (χ2n) is 7.90. The van der Waals surface area contributed by atoms with Crippen LogP contribution < -0.4 is 0 Å². The van der Waals surface area contributed by atoms with Gasteiger partial charge >= 0.3 is 0 Å². The molecular weight excluding hydrogens is 358 g/mol. The summed E-state index contributed by atoms with van der Waals surface area (Å²) >= 11 is 0. The number of hydrogen-bond donors (Lipinski definition) is 0. The Morgan fingerprint density at radius 3 is 2.37 bits per heavy atom. The lowest BCUT2D eigenvalue weighted by molar-refractivity contribution is -0.126. The number of benzene rings is 2. The molecule has 1 aliphatic heterocycles. The van der Waals surface area contributed by atoms with Crippen molar-refractivity contribution in [1.82, 2.24) is 4.31 Å². The zero-order valence-corrected chi connectivity index (χ0v) is 16.2. The van der Waals surface area contributed by atoms with E-state index >= 15 is 0 Å². The highest BCUT2D eigenvalue weighted by Gasteiger charge is 2.48. The standard InChI is InChI=1S/C22H25NO3S/c24-20-11-13-22(16-18-7-3-1-4-8-18)17-23(14-12-19(22)15-20)27(25,26)21-9-5-2-6-10-21/h1-10,19H,11-17H2/t19-,22-/m0/s1. The number of sulfonamides is 1. The lowest BCUT2D eigenvalue weighted by atomic mass is 9.60. The second-order valence-corrected chi connectivity index (χ2v) is 9.84. The minimum absolute atomic E-state index is 0.157. The molecule has 0 N–H and O–H groups in total. The fraction of sp³-hybridized carbons (Fsp3) is 0.409. The first-order valence-corrected chi connectivity index (χ1v) is 11.0. The number of rotatable bonds is 4. The van der Waals surface area contributed by atoms with Gasteiger partial charge in [-0.15, -0.1) is 0 Å². The molecule has 0 amide bonds. The highest BCUT2D eigenvalue weighted by molar-refractivity contribution is 7.89. The maximum atomic E-state index is 13.2. The molecule has 0 aromatic heterocycles. The molecule has 1 aliphatic carbocycles. The third kappa shape index (κ3) is 3.58. The molecule has 2 aromatic rings. The van der Waals surface area contributed by atoms with Crippen molar-refractivity contribution in [3.8, 4) is 0 Å². The molecule has 2 fully saturated rings. The Hall–Kier alpha value is -1.98. The predicted molar refractivity (Wildman–Crippen MR) is 105 cm³/mol. The summed E-state index contributed by atoms with van der Waals surface area (Å²) in [5.74, 6) is 0.587. The van der Waals surface area contributed by atoms with Crippen molar-refractivity contribution in [2.75, 3.05) is 13.1 Å². The molecular formula is C22H25NO3S. The van der Waals surface area contributed by atoms with Gasteiger partial charge in [0, 0.05) is 25.9 Å². The van der Waals surface area contributed by atoms with E-state index in [0.29, 0.717) is 36.6 Å². The Labute approximate surface area is 161 Å². The fourth-order valence-electron chi connectivity index (χ4n) is 4.77. The van der Waals surface area contributed by atoms with Crippen LogP contribution in [0.5, 0.6) is 0 Å². The van der Waals surface area contributed by atoms with Crippen molar-refractivity contribution >= 4 is 15.8 Å². The first kappa shape index (κ1) is 18.4. The van der Waals surface area contributed by atoms with Gasteiger partial charge in [-0.2, -0.15) is 4.31 Å². The summed E-state index contributed by atoms with van der Waals surface area (Å²) in [6.07, 6.45) is 3.50. The van der Waals surface area contributed by atoms with E-state index in [1.807, 2.05) is 24.3 Å². The van der Waals surface area contributed by atoms with Crippen molar-refractivity contribution < 1.29 is 13.2 Å². The van der Waals surface area contributed by atoms with E-state index in [-0.39, 0.29) is 11.3 Å². The van der Waals surface area contributed by atoms with Crippen LogP contribution in [0.1, 0.15) is 31.2 Å². The number of Topliss-reactive ketones (excluding diaryl/α,β-unsaturated/α-hetero) is 1. The minimum atomic E-state index is -3.51. The van der Waals surface area contributed by atoms with Gasteiger partial charge in [-0.1, -0.05) is 48.5 Å². The van der Waals surface area contributed by atoms with Crippen molar-refractivity contribution in [2.24, 2.45) is 11.3 Å². The van der Waals surface area contributed by atoms with Crippen LogP contribution in [-0.4, -0.2) is 31.6 Å². The van der Waals surface area contributed by atoms with E-state index in [9.17, 15) is 13.2 Å². The molecule has 1 heterocycles. The second kappa shape index (κ2) is 7.21. The van der Waals surface area contributed by atoms with Gasteiger partial charge < -0.3 is 0 Å². The van der Waals surface area contributed by atoms with E-state index < -0.39 is 10.0 Å². The molecule has 0 spiro atoms. The lowest BCUT2D eigenvalue weighted by Gasteiger charge is -2.50. The molecule has 5 heteroatoms. The highest BCUT2D eigenvalue weighted by Crippen LogP contribution is 2.48. The molecule has 2 aliphatic rings. The Morgan fingerprint density at radius 2 is 1.67 bits per heavy atom. The molecule has 0 unspecified atom stereocenters. The van der Waals surface area contributed by atoms with Gasteiger partial charge in [0.25, 0.3) is 0 Å². The van der Waals surface area contributed by atoms with Crippen LogP contribution in [0.4, 0.5) is 0 Å². The molecule has 0 bridgehead atoms. The van der Waals surface area contributed by atoms with Crippen LogP contribution in [0.25, 0.3) is 0 Å². The Bertz CT molecular complexity index is 911. The highest BCUT2D eigenvalue weighted by atomic mass is 32.2. The van der Waals surface area contributed by atoms with Crippen LogP contribution in [0.2, 0.25) is 0 Å². The van der Waals surface area contributed by atoms with E-state index in [4.69, 9.17) is 0 Å². The summed E-state index contributed by atoms with van der Waals surface area (Å²) in [6, 6.07) is 18.9. The van der Waals surface area contributed by atoms with E-state index in [1.165, 1.54) is 5.56 Å². The summed E-state index contributed by atoms with van der Waals surface area (Å²) in [4.78, 5) is 12.4. The van der Waals surface area contributed by atoms with Crippen LogP contribution in [-0.2, 0) is 21.2 Å². The molecule has 142 valence electrons. The number of ketones is 1. The van der Waals surface area contributed by atoms with Crippen molar-refractivity contribution in [3.05, 3.63) is 66.2 Å². The number of carbonyl (C=O) groups excluding carboxylic acids is 1. The third-order valence-electron chi connectivity index (χ3n) is 6.24. The SMILES string of the molecule is O=C1CC[C@]2(Cc3ccccc3)CN(S(=O)(=O)c3ccccc3)CC[C@H]2C1. The van der Waals surface area contributed by atoms with E-state index in [1.54, 1.807) is 28.6 Å². The molecule has 4 rings (SSSR count). The molecule has 1 saturated heterocycles. The first-order chi connectivity index (χ1) is 13.0. The first-order valence-electron chi connectivity index (χ1n) is 9.60. The summed E-state index contributed by atoms with van der Waals surface area (Å²) < 4.78 is 28.0. The number of hydrogen-bond acceptors (Lipinski definition) is 3. The Balaban J connectivity index is 1.66. The van der Waals surface area contributed by atoms with Gasteiger partial charge in [-0.3, -0.25) is 4.79 Å². The fourth-order valence-corrected chi connectivity index (χ4v) is 6.34. The van der Waals surface area contributed by atoms with Crippen LogP contribution >= 0.6 is 0 Å². The Morgan fingerprint density at radius 1 is 1.00 bits per heavy atom. The summed E-state index contributed by atoms with van der Waals surface area (Å²) in [5, 5.41) is 0. The number of piperidine rings is 1. The van der Waals surface area contributed by atoms with Crippen molar-refractivity contribution in [2.45, 2.75) is 37.0 Å². The van der Waals surface area contributed by atoms with Gasteiger partial charge in [-0.05, 0) is 48.3 Å². The van der Waals surface area contributed by atoms with Crippen molar-refractivity contribution in [1.29, 1.82) is 0 Å². The molecule has 1 saturated carbocycles. The molecule has 4 nitrogen and oxygen atoms in total. The van der Waals surface area contributed by atoms with E-state index in [0.717, 1.165) is 19.3 Å². The minimum Gasteiger partial charge on any atom is -0.300 e. The van der Waals surface area contributed by atoms with Crippen LogP contribution in [0.3, 0.4) is 0 Å². The van der Waals surface area contributed by atoms with Gasteiger partial charge in [-0.25, -0.2) is 8.42 Å². The monoisotopic (exact) mass is 383 g/mol. The Kier molecular flexibility index (Phi) is 4.91.